The molecule has 0 spiro atoms. The van der Waals surface area contributed by atoms with E-state index in [4.69, 9.17) is 0 Å². The molecule has 0 atom stereocenters. The number of hydrogen-bond donors (Lipinski definition) is 0. The summed E-state index contributed by atoms with van der Waals surface area (Å²) in [6.07, 6.45) is 4.83. The smallest absolute Gasteiger partial charge is 0.0997 e. The van der Waals surface area contributed by atoms with Gasteiger partial charge in [-0.3, -0.25) is 4.57 Å². The highest BCUT2D eigenvalue weighted by molar-refractivity contribution is 5.65. The van der Waals surface area contributed by atoms with Gasteiger partial charge in [0.25, 0.3) is 0 Å². The molecular formula is C17H16N2. The number of nitrogens with zero attached hydrogens (tertiary/aromatic N) is 2. The van der Waals surface area contributed by atoms with Crippen molar-refractivity contribution in [2.24, 2.45) is 0 Å². The maximum absolute atomic E-state index is 4.31. The summed E-state index contributed by atoms with van der Waals surface area (Å²) in [5.74, 6) is 0. The average molecular weight is 248 g/mol. The molecule has 0 aliphatic carbocycles. The lowest BCUT2D eigenvalue weighted by Crippen LogP contribution is -1.96. The second-order valence-corrected chi connectivity index (χ2v) is 4.50. The first-order chi connectivity index (χ1) is 9.40. The van der Waals surface area contributed by atoms with Crippen LogP contribution in [0.1, 0.15) is 12.5 Å². The van der Waals surface area contributed by atoms with Crippen LogP contribution in [-0.2, 0) is 6.42 Å². The SMILES string of the molecule is CCc1ccccc1-c1cncn1-c1ccccc1. The molecule has 3 rings (SSSR count). The molecule has 0 N–H and O–H groups in total. The van der Waals surface area contributed by atoms with Crippen molar-refractivity contribution < 1.29 is 0 Å². The first-order valence-electron chi connectivity index (χ1n) is 6.56. The molecule has 2 aromatic carbocycles. The van der Waals surface area contributed by atoms with Gasteiger partial charge in [0.2, 0.25) is 0 Å². The highest BCUT2D eigenvalue weighted by atomic mass is 15.0. The van der Waals surface area contributed by atoms with Gasteiger partial charge in [0.15, 0.2) is 0 Å². The van der Waals surface area contributed by atoms with Gasteiger partial charge in [-0.2, -0.15) is 0 Å². The zero-order valence-corrected chi connectivity index (χ0v) is 11.0. The van der Waals surface area contributed by atoms with Crippen LogP contribution in [-0.4, -0.2) is 9.55 Å². The Bertz CT molecular complexity index is 668. The first kappa shape index (κ1) is 11.7. The molecule has 0 radical (unpaired) electrons. The summed E-state index contributed by atoms with van der Waals surface area (Å²) in [5, 5.41) is 0. The summed E-state index contributed by atoms with van der Waals surface area (Å²) in [6, 6.07) is 18.8. The number of hydrogen-bond acceptors (Lipinski definition) is 1. The van der Waals surface area contributed by atoms with E-state index >= 15 is 0 Å². The van der Waals surface area contributed by atoms with Crippen molar-refractivity contribution in [1.82, 2.24) is 9.55 Å². The molecule has 2 nitrogen and oxygen atoms in total. The summed E-state index contributed by atoms with van der Waals surface area (Å²) in [6.45, 7) is 2.18. The Kier molecular flexibility index (Phi) is 3.15. The van der Waals surface area contributed by atoms with Crippen LogP contribution < -0.4 is 0 Å². The van der Waals surface area contributed by atoms with Gasteiger partial charge >= 0.3 is 0 Å². The second-order valence-electron chi connectivity index (χ2n) is 4.50. The van der Waals surface area contributed by atoms with Gasteiger partial charge in [-0.25, -0.2) is 4.98 Å². The fourth-order valence-electron chi connectivity index (χ4n) is 2.37. The number of aryl methyl sites for hydroxylation is 1. The molecule has 1 aromatic heterocycles. The average Bonchev–Trinajstić information content (AvgIpc) is 2.97. The van der Waals surface area contributed by atoms with Gasteiger partial charge in [-0.15, -0.1) is 0 Å². The van der Waals surface area contributed by atoms with Crippen molar-refractivity contribution in [2.45, 2.75) is 13.3 Å². The lowest BCUT2D eigenvalue weighted by Gasteiger charge is -2.11. The molecule has 0 fully saturated rings. The van der Waals surface area contributed by atoms with Gasteiger partial charge in [0, 0.05) is 11.3 Å². The van der Waals surface area contributed by atoms with Crippen LogP contribution in [0, 0.1) is 0 Å². The van der Waals surface area contributed by atoms with Crippen molar-refractivity contribution in [3.63, 3.8) is 0 Å². The molecule has 0 saturated heterocycles. The van der Waals surface area contributed by atoms with Crippen molar-refractivity contribution in [2.75, 3.05) is 0 Å². The van der Waals surface area contributed by atoms with Gasteiger partial charge in [-0.05, 0) is 24.1 Å². The summed E-state index contributed by atoms with van der Waals surface area (Å²) >= 11 is 0. The fraction of sp³-hybridized carbons (Fsp3) is 0.118. The summed E-state index contributed by atoms with van der Waals surface area (Å²) in [5.41, 5.74) is 4.89. The van der Waals surface area contributed by atoms with Gasteiger partial charge in [-0.1, -0.05) is 49.4 Å². The monoisotopic (exact) mass is 248 g/mol. The standard InChI is InChI=1S/C17H16N2/c1-2-14-8-6-7-11-16(14)17-12-18-13-19(17)15-9-4-3-5-10-15/h3-13H,2H2,1H3. The molecule has 94 valence electrons. The van der Waals surface area contributed by atoms with E-state index in [1.165, 1.54) is 11.1 Å². The molecule has 2 heteroatoms. The van der Waals surface area contributed by atoms with Crippen LogP contribution in [0.25, 0.3) is 16.9 Å². The zero-order chi connectivity index (χ0) is 13.1. The third-order valence-electron chi connectivity index (χ3n) is 3.35. The predicted molar refractivity (Wildman–Crippen MR) is 78.4 cm³/mol. The fourth-order valence-corrected chi connectivity index (χ4v) is 2.37. The summed E-state index contributed by atoms with van der Waals surface area (Å²) in [4.78, 5) is 4.31. The Balaban J connectivity index is 2.15. The molecule has 0 bridgehead atoms. The highest BCUT2D eigenvalue weighted by Crippen LogP contribution is 2.26. The van der Waals surface area contributed by atoms with Gasteiger partial charge in [0.1, 0.15) is 0 Å². The Morgan fingerprint density at radius 2 is 1.68 bits per heavy atom. The Hall–Kier alpha value is -2.35. The lowest BCUT2D eigenvalue weighted by atomic mass is 10.0. The number of rotatable bonds is 3. The number of benzene rings is 2. The van der Waals surface area contributed by atoms with Crippen LogP contribution >= 0.6 is 0 Å². The van der Waals surface area contributed by atoms with E-state index < -0.39 is 0 Å². The first-order valence-corrected chi connectivity index (χ1v) is 6.56. The summed E-state index contributed by atoms with van der Waals surface area (Å²) in [7, 11) is 0. The quantitative estimate of drug-likeness (QED) is 0.682. The molecule has 0 unspecified atom stereocenters. The van der Waals surface area contributed by atoms with E-state index in [-0.39, 0.29) is 0 Å². The third kappa shape index (κ3) is 2.17. The maximum atomic E-state index is 4.31. The molecule has 3 aromatic rings. The normalized spacial score (nSPS) is 10.6. The maximum Gasteiger partial charge on any atom is 0.0997 e. The molecule has 0 aliphatic heterocycles. The van der Waals surface area contributed by atoms with Crippen LogP contribution in [0.2, 0.25) is 0 Å². The van der Waals surface area contributed by atoms with E-state index in [2.05, 4.69) is 52.9 Å². The molecule has 19 heavy (non-hydrogen) atoms. The molecule has 1 heterocycles. The van der Waals surface area contributed by atoms with Crippen LogP contribution in [0.4, 0.5) is 0 Å². The molecular weight excluding hydrogens is 232 g/mol. The lowest BCUT2D eigenvalue weighted by molar-refractivity contribution is 1.05. The molecule has 0 saturated carbocycles. The van der Waals surface area contributed by atoms with Crippen molar-refractivity contribution in [1.29, 1.82) is 0 Å². The minimum atomic E-state index is 1.02. The van der Waals surface area contributed by atoms with Crippen LogP contribution in [0.5, 0.6) is 0 Å². The Morgan fingerprint density at radius 3 is 2.47 bits per heavy atom. The molecule has 0 amide bonds. The topological polar surface area (TPSA) is 17.8 Å². The van der Waals surface area contributed by atoms with Gasteiger partial charge < -0.3 is 0 Å². The van der Waals surface area contributed by atoms with Crippen LogP contribution in [0.3, 0.4) is 0 Å². The largest absolute Gasteiger partial charge is 0.299 e. The van der Waals surface area contributed by atoms with Gasteiger partial charge in [0.05, 0.1) is 18.2 Å². The van der Waals surface area contributed by atoms with E-state index in [0.29, 0.717) is 0 Å². The van der Waals surface area contributed by atoms with Crippen LogP contribution in [0.15, 0.2) is 67.1 Å². The Morgan fingerprint density at radius 1 is 0.947 bits per heavy atom. The van der Waals surface area contributed by atoms with E-state index in [0.717, 1.165) is 17.8 Å². The van der Waals surface area contributed by atoms with Crippen molar-refractivity contribution >= 4 is 0 Å². The van der Waals surface area contributed by atoms with Crippen molar-refractivity contribution in [3.8, 4) is 16.9 Å². The highest BCUT2D eigenvalue weighted by Gasteiger charge is 2.09. The zero-order valence-electron chi connectivity index (χ0n) is 11.0. The number of para-hydroxylation sites is 1. The van der Waals surface area contributed by atoms with E-state index in [1.54, 1.807) is 0 Å². The Labute approximate surface area is 113 Å². The number of imidazole rings is 1. The number of aromatic nitrogens is 2. The van der Waals surface area contributed by atoms with E-state index in [1.807, 2.05) is 30.7 Å². The minimum Gasteiger partial charge on any atom is -0.299 e. The second kappa shape index (κ2) is 5.11. The third-order valence-corrected chi connectivity index (χ3v) is 3.35. The summed E-state index contributed by atoms with van der Waals surface area (Å²) < 4.78 is 2.13. The van der Waals surface area contributed by atoms with Crippen molar-refractivity contribution in [3.05, 3.63) is 72.7 Å². The minimum absolute atomic E-state index is 1.02. The predicted octanol–water partition coefficient (Wildman–Crippen LogP) is 4.10. The van der Waals surface area contributed by atoms with E-state index in [9.17, 15) is 0 Å². The molecule has 0 aliphatic rings.